The Bertz CT molecular complexity index is 1010. The average molecular weight is 550 g/mol. The van der Waals surface area contributed by atoms with Crippen LogP contribution in [0.5, 0.6) is 0 Å². The van der Waals surface area contributed by atoms with Crippen molar-refractivity contribution in [1.29, 1.82) is 0 Å². The highest BCUT2D eigenvalue weighted by atomic mass is 16.6. The quantitative estimate of drug-likeness (QED) is 0.380. The van der Waals surface area contributed by atoms with Gasteiger partial charge in [0.25, 0.3) is 0 Å². The Kier molecular flexibility index (Phi) is 8.35. The zero-order chi connectivity index (χ0) is 29.6. The summed E-state index contributed by atoms with van der Waals surface area (Å²) in [5.41, 5.74) is 3.68. The number of primary amides is 1. The van der Waals surface area contributed by atoms with Crippen LogP contribution in [0.25, 0.3) is 0 Å². The van der Waals surface area contributed by atoms with Gasteiger partial charge in [-0.2, -0.15) is 0 Å². The minimum Gasteiger partial charge on any atom is -0.444 e. The Morgan fingerprint density at radius 1 is 1.08 bits per heavy atom. The molecule has 3 fully saturated rings. The summed E-state index contributed by atoms with van der Waals surface area (Å²) < 4.78 is 5.41. The zero-order valence-electron chi connectivity index (χ0n) is 24.7. The molecule has 220 valence electrons. The summed E-state index contributed by atoms with van der Waals surface area (Å²) in [6, 6.07) is -2.80. The van der Waals surface area contributed by atoms with Crippen LogP contribution < -0.4 is 21.7 Å². The smallest absolute Gasteiger partial charge is 0.408 e. The minimum absolute atomic E-state index is 0.0902. The minimum atomic E-state index is -1.05. The Morgan fingerprint density at radius 2 is 1.69 bits per heavy atom. The van der Waals surface area contributed by atoms with Gasteiger partial charge in [-0.15, -0.1) is 0 Å². The number of carbonyl (C=O) groups is 5. The lowest BCUT2D eigenvalue weighted by Gasteiger charge is -2.39. The third-order valence-corrected chi connectivity index (χ3v) is 8.05. The molecule has 0 aromatic rings. The van der Waals surface area contributed by atoms with Crippen molar-refractivity contribution in [2.75, 3.05) is 6.54 Å². The number of hydrogen-bond acceptors (Lipinski definition) is 6. The molecule has 2 saturated heterocycles. The topological polar surface area (TPSA) is 160 Å². The van der Waals surface area contributed by atoms with Crippen LogP contribution in [0, 0.1) is 16.7 Å². The van der Waals surface area contributed by atoms with Crippen molar-refractivity contribution in [2.45, 2.75) is 123 Å². The third-order valence-electron chi connectivity index (χ3n) is 8.05. The van der Waals surface area contributed by atoms with Crippen molar-refractivity contribution >= 4 is 29.7 Å². The van der Waals surface area contributed by atoms with E-state index in [1.54, 1.807) is 25.7 Å². The van der Waals surface area contributed by atoms with Gasteiger partial charge in [0, 0.05) is 18.0 Å². The highest BCUT2D eigenvalue weighted by molar-refractivity contribution is 5.95. The molecule has 1 spiro atoms. The van der Waals surface area contributed by atoms with E-state index in [0.29, 0.717) is 19.4 Å². The summed E-state index contributed by atoms with van der Waals surface area (Å²) in [6.07, 6.45) is 3.19. The number of likely N-dealkylation sites (tertiary alicyclic amines) is 1. The van der Waals surface area contributed by atoms with Crippen LogP contribution in [-0.4, -0.2) is 70.4 Å². The molecule has 3 aliphatic rings. The van der Waals surface area contributed by atoms with Crippen LogP contribution in [0.4, 0.5) is 4.79 Å². The molecule has 0 radical (unpaired) electrons. The maximum atomic E-state index is 14.0. The second-order valence-corrected chi connectivity index (χ2v) is 14.5. The monoisotopic (exact) mass is 549 g/mol. The molecule has 2 aliphatic heterocycles. The van der Waals surface area contributed by atoms with Crippen LogP contribution in [0.15, 0.2) is 0 Å². The first-order valence-electron chi connectivity index (χ1n) is 13.9. The molecule has 3 rings (SSSR count). The van der Waals surface area contributed by atoms with Crippen molar-refractivity contribution in [3.63, 3.8) is 0 Å². The summed E-state index contributed by atoms with van der Waals surface area (Å²) in [4.78, 5) is 66.6. The van der Waals surface area contributed by atoms with Gasteiger partial charge in [0.15, 0.2) is 0 Å². The lowest BCUT2D eigenvalue weighted by Crippen LogP contribution is -2.59. The number of nitrogens with zero attached hydrogens (tertiary/aromatic N) is 1. The van der Waals surface area contributed by atoms with Gasteiger partial charge >= 0.3 is 6.09 Å². The van der Waals surface area contributed by atoms with Crippen LogP contribution in [-0.2, 0) is 23.9 Å². The first kappa shape index (κ1) is 30.7. The van der Waals surface area contributed by atoms with E-state index < -0.39 is 58.5 Å². The fraction of sp³-hybridized carbons (Fsp3) is 0.821. The fourth-order valence-electron chi connectivity index (χ4n) is 5.99. The molecule has 0 bridgehead atoms. The molecule has 1 saturated carbocycles. The van der Waals surface area contributed by atoms with Gasteiger partial charge in [-0.1, -0.05) is 27.2 Å². The van der Waals surface area contributed by atoms with Gasteiger partial charge < -0.3 is 31.3 Å². The molecular weight excluding hydrogens is 502 g/mol. The second-order valence-electron chi connectivity index (χ2n) is 14.5. The molecule has 0 aromatic heterocycles. The Labute approximate surface area is 231 Å². The van der Waals surface area contributed by atoms with E-state index in [0.717, 1.165) is 19.3 Å². The lowest BCUT2D eigenvalue weighted by atomic mass is 9.67. The van der Waals surface area contributed by atoms with E-state index in [1.165, 1.54) is 0 Å². The zero-order valence-corrected chi connectivity index (χ0v) is 24.7. The van der Waals surface area contributed by atoms with Gasteiger partial charge in [0.05, 0.1) is 0 Å². The Morgan fingerprint density at radius 3 is 2.13 bits per heavy atom. The maximum absolute atomic E-state index is 14.0. The number of nitrogens with one attached hydrogen (secondary N) is 3. The standard InChI is InChI=1S/C28H47N5O6/c1-25(2,3)19(31-24(38)39-26(4,5)6)23(37)33-15-28(10-9-11-28)14-18(33)22(36)30-17(20(29)34)12-16-13-27(7,8)32-21(16)35/h16-19H,9-15H2,1-8H3,(H2,29,34)(H,30,36)(H,31,38)(H,32,35)/t16-,17+,18?,19-/m1/s1. The number of hydrogen-bond donors (Lipinski definition) is 4. The number of alkyl carbamates (subject to hydrolysis) is 1. The molecular formula is C28H47N5O6. The number of ether oxygens (including phenoxy) is 1. The molecule has 11 heteroatoms. The highest BCUT2D eigenvalue weighted by Crippen LogP contribution is 2.50. The van der Waals surface area contributed by atoms with Crippen LogP contribution in [0.2, 0.25) is 0 Å². The van der Waals surface area contributed by atoms with Crippen molar-refractivity contribution in [3.05, 3.63) is 0 Å². The lowest BCUT2D eigenvalue weighted by molar-refractivity contribution is -0.142. The molecule has 39 heavy (non-hydrogen) atoms. The number of nitrogens with two attached hydrogens (primary N) is 1. The number of amides is 5. The fourth-order valence-corrected chi connectivity index (χ4v) is 5.99. The van der Waals surface area contributed by atoms with Crippen molar-refractivity contribution in [2.24, 2.45) is 22.5 Å². The SMILES string of the molecule is CC1(C)C[C@@H](C[C@H](NC(=O)C2CC3(CCC3)CN2C(=O)[C@@H](NC(=O)OC(C)(C)C)C(C)(C)C)C(N)=O)C(=O)N1. The molecule has 0 aromatic carbocycles. The Balaban J connectivity index is 1.80. The molecule has 1 aliphatic carbocycles. The predicted octanol–water partition coefficient (Wildman–Crippen LogP) is 1.97. The van der Waals surface area contributed by atoms with Crippen molar-refractivity contribution in [3.8, 4) is 0 Å². The third kappa shape index (κ3) is 7.42. The van der Waals surface area contributed by atoms with Gasteiger partial charge in [-0.25, -0.2) is 4.79 Å². The van der Waals surface area contributed by atoms with Gasteiger partial charge in [-0.05, 0) is 77.6 Å². The summed E-state index contributed by atoms with van der Waals surface area (Å²) in [5, 5.41) is 8.38. The molecule has 5 amide bonds. The number of rotatable bonds is 7. The van der Waals surface area contributed by atoms with E-state index in [2.05, 4.69) is 16.0 Å². The second kappa shape index (κ2) is 10.6. The first-order valence-corrected chi connectivity index (χ1v) is 13.9. The van der Waals surface area contributed by atoms with E-state index in [-0.39, 0.29) is 23.7 Å². The van der Waals surface area contributed by atoms with E-state index in [1.807, 2.05) is 34.6 Å². The molecule has 5 N–H and O–H groups in total. The summed E-state index contributed by atoms with van der Waals surface area (Å²) in [5.74, 6) is -2.20. The van der Waals surface area contributed by atoms with Crippen LogP contribution in [0.3, 0.4) is 0 Å². The molecule has 4 atom stereocenters. The van der Waals surface area contributed by atoms with Crippen LogP contribution in [0.1, 0.15) is 93.9 Å². The van der Waals surface area contributed by atoms with E-state index >= 15 is 0 Å². The molecule has 2 heterocycles. The van der Waals surface area contributed by atoms with Gasteiger partial charge in [0.1, 0.15) is 23.7 Å². The van der Waals surface area contributed by atoms with Gasteiger partial charge in [-0.3, -0.25) is 19.2 Å². The summed E-state index contributed by atoms with van der Waals surface area (Å²) >= 11 is 0. The molecule has 11 nitrogen and oxygen atoms in total. The highest BCUT2D eigenvalue weighted by Gasteiger charge is 2.54. The largest absolute Gasteiger partial charge is 0.444 e. The summed E-state index contributed by atoms with van der Waals surface area (Å²) in [6.45, 7) is 15.0. The normalized spacial score (nSPS) is 25.3. The Hall–Kier alpha value is -2.85. The van der Waals surface area contributed by atoms with Crippen LogP contribution >= 0.6 is 0 Å². The average Bonchev–Trinajstić information content (AvgIpc) is 3.26. The number of carbonyl (C=O) groups excluding carboxylic acids is 5. The molecule has 1 unspecified atom stereocenters. The maximum Gasteiger partial charge on any atom is 0.408 e. The first-order chi connectivity index (χ1) is 17.7. The van der Waals surface area contributed by atoms with E-state index in [4.69, 9.17) is 10.5 Å². The van der Waals surface area contributed by atoms with Gasteiger partial charge in [0.2, 0.25) is 23.6 Å². The van der Waals surface area contributed by atoms with Crippen molar-refractivity contribution < 1.29 is 28.7 Å². The van der Waals surface area contributed by atoms with E-state index in [9.17, 15) is 24.0 Å². The van der Waals surface area contributed by atoms with Crippen molar-refractivity contribution in [1.82, 2.24) is 20.9 Å². The predicted molar refractivity (Wildman–Crippen MR) is 145 cm³/mol. The summed E-state index contributed by atoms with van der Waals surface area (Å²) in [7, 11) is 0.